The van der Waals surface area contributed by atoms with Crippen LogP contribution in [0.5, 0.6) is 0 Å². The van der Waals surface area contributed by atoms with E-state index in [0.717, 1.165) is 24.6 Å². The standard InChI is InChI=1S/C18H17N3O3S/c1-11-2-5-14-12(8-11)3-6-15(14)21-25(23,24)13-4-7-16-17(9-13)19-10-18(22)20-16/h2,4-5,7-10,15,21H,3,6H2,1H3,(H,20,22). The molecule has 1 unspecified atom stereocenters. The Balaban J connectivity index is 1.67. The zero-order chi connectivity index (χ0) is 17.6. The summed E-state index contributed by atoms with van der Waals surface area (Å²) < 4.78 is 28.3. The number of aryl methyl sites for hydroxylation is 2. The van der Waals surface area contributed by atoms with E-state index in [1.54, 1.807) is 6.07 Å². The van der Waals surface area contributed by atoms with Crippen LogP contribution in [0, 0.1) is 6.92 Å². The molecule has 1 atom stereocenters. The van der Waals surface area contributed by atoms with Crippen molar-refractivity contribution in [2.75, 3.05) is 0 Å². The molecule has 0 saturated carbocycles. The highest BCUT2D eigenvalue weighted by Gasteiger charge is 2.27. The van der Waals surface area contributed by atoms with Crippen LogP contribution < -0.4 is 10.3 Å². The van der Waals surface area contributed by atoms with Crippen molar-refractivity contribution >= 4 is 21.1 Å². The predicted molar refractivity (Wildman–Crippen MR) is 94.9 cm³/mol. The van der Waals surface area contributed by atoms with E-state index in [9.17, 15) is 13.2 Å². The number of benzene rings is 2. The molecular weight excluding hydrogens is 338 g/mol. The molecule has 0 saturated heterocycles. The van der Waals surface area contributed by atoms with Gasteiger partial charge in [-0.2, -0.15) is 0 Å². The molecule has 0 bridgehead atoms. The number of nitrogens with one attached hydrogen (secondary N) is 2. The van der Waals surface area contributed by atoms with E-state index in [4.69, 9.17) is 0 Å². The van der Waals surface area contributed by atoms with Crippen molar-refractivity contribution in [1.29, 1.82) is 0 Å². The molecule has 25 heavy (non-hydrogen) atoms. The first-order valence-electron chi connectivity index (χ1n) is 8.03. The summed E-state index contributed by atoms with van der Waals surface area (Å²) in [5, 5.41) is 0. The fourth-order valence-electron chi connectivity index (χ4n) is 3.31. The first-order valence-corrected chi connectivity index (χ1v) is 9.51. The minimum absolute atomic E-state index is 0.139. The molecule has 0 aliphatic heterocycles. The second-order valence-electron chi connectivity index (χ2n) is 6.34. The van der Waals surface area contributed by atoms with Crippen molar-refractivity contribution in [3.63, 3.8) is 0 Å². The molecule has 3 aromatic rings. The zero-order valence-corrected chi connectivity index (χ0v) is 14.4. The first kappa shape index (κ1) is 16.0. The third-order valence-electron chi connectivity index (χ3n) is 4.53. The van der Waals surface area contributed by atoms with Gasteiger partial charge in [-0.1, -0.05) is 23.8 Å². The Kier molecular flexibility index (Phi) is 3.70. The summed E-state index contributed by atoms with van der Waals surface area (Å²) >= 11 is 0. The number of hydrogen-bond acceptors (Lipinski definition) is 4. The summed E-state index contributed by atoms with van der Waals surface area (Å²) in [6, 6.07) is 10.4. The lowest BCUT2D eigenvalue weighted by Gasteiger charge is -2.15. The topological polar surface area (TPSA) is 91.9 Å². The normalized spacial score (nSPS) is 16.9. The van der Waals surface area contributed by atoms with Gasteiger partial charge in [0.25, 0.3) is 5.56 Å². The summed E-state index contributed by atoms with van der Waals surface area (Å²) in [6.45, 7) is 2.03. The second kappa shape index (κ2) is 5.79. The molecule has 6 nitrogen and oxygen atoms in total. The van der Waals surface area contributed by atoms with Crippen molar-refractivity contribution in [1.82, 2.24) is 14.7 Å². The van der Waals surface area contributed by atoms with Crippen LogP contribution in [-0.4, -0.2) is 18.4 Å². The molecule has 0 fully saturated rings. The number of sulfonamides is 1. The van der Waals surface area contributed by atoms with Crippen LogP contribution in [0.1, 0.15) is 29.2 Å². The molecule has 1 aromatic heterocycles. The van der Waals surface area contributed by atoms with E-state index in [2.05, 4.69) is 20.8 Å². The summed E-state index contributed by atoms with van der Waals surface area (Å²) in [5.74, 6) is 0. The SMILES string of the molecule is Cc1ccc2c(c1)CCC2NS(=O)(=O)c1ccc2[nH]c(=O)cnc2c1. The Labute approximate surface area is 145 Å². The number of fused-ring (bicyclic) bond motifs is 2. The summed E-state index contributed by atoms with van der Waals surface area (Å²) in [6.07, 6.45) is 2.75. The number of nitrogens with zero attached hydrogens (tertiary/aromatic N) is 1. The molecule has 2 aromatic carbocycles. The van der Waals surface area contributed by atoms with Crippen molar-refractivity contribution in [2.24, 2.45) is 0 Å². The van der Waals surface area contributed by atoms with Crippen LogP contribution in [0.2, 0.25) is 0 Å². The average molecular weight is 355 g/mol. The van der Waals surface area contributed by atoms with Gasteiger partial charge in [0.15, 0.2) is 0 Å². The Morgan fingerprint density at radius 2 is 2.04 bits per heavy atom. The van der Waals surface area contributed by atoms with E-state index in [0.29, 0.717) is 11.0 Å². The van der Waals surface area contributed by atoms with Gasteiger partial charge in [0.05, 0.1) is 22.1 Å². The van der Waals surface area contributed by atoms with Gasteiger partial charge in [-0.3, -0.25) is 4.79 Å². The van der Waals surface area contributed by atoms with E-state index in [-0.39, 0.29) is 16.5 Å². The minimum Gasteiger partial charge on any atom is -0.319 e. The van der Waals surface area contributed by atoms with Crippen molar-refractivity contribution in [3.8, 4) is 0 Å². The van der Waals surface area contributed by atoms with Gasteiger partial charge in [-0.05, 0) is 49.1 Å². The van der Waals surface area contributed by atoms with E-state index < -0.39 is 10.0 Å². The number of aromatic nitrogens is 2. The third-order valence-corrected chi connectivity index (χ3v) is 6.00. The molecule has 1 heterocycles. The zero-order valence-electron chi connectivity index (χ0n) is 13.6. The highest BCUT2D eigenvalue weighted by atomic mass is 32.2. The molecule has 2 N–H and O–H groups in total. The highest BCUT2D eigenvalue weighted by Crippen LogP contribution is 2.33. The Morgan fingerprint density at radius 1 is 1.20 bits per heavy atom. The van der Waals surface area contributed by atoms with Gasteiger partial charge in [0, 0.05) is 6.04 Å². The number of rotatable bonds is 3. The van der Waals surface area contributed by atoms with Crippen LogP contribution in [0.3, 0.4) is 0 Å². The van der Waals surface area contributed by atoms with Gasteiger partial charge in [-0.15, -0.1) is 0 Å². The third kappa shape index (κ3) is 2.96. The molecule has 0 spiro atoms. The minimum atomic E-state index is -3.68. The molecule has 0 amide bonds. The van der Waals surface area contributed by atoms with Gasteiger partial charge in [0.1, 0.15) is 0 Å². The lowest BCUT2D eigenvalue weighted by atomic mass is 10.1. The molecular formula is C18H17N3O3S. The lowest BCUT2D eigenvalue weighted by Crippen LogP contribution is -2.27. The Bertz CT molecular complexity index is 1140. The summed E-state index contributed by atoms with van der Waals surface area (Å²) in [5.41, 5.74) is 4.04. The molecule has 7 heteroatoms. The van der Waals surface area contributed by atoms with Crippen LogP contribution in [-0.2, 0) is 16.4 Å². The molecule has 0 radical (unpaired) electrons. The fourth-order valence-corrected chi connectivity index (χ4v) is 4.58. The Hall–Kier alpha value is -2.51. The van der Waals surface area contributed by atoms with Gasteiger partial charge in [0.2, 0.25) is 10.0 Å². The molecule has 1 aliphatic rings. The largest absolute Gasteiger partial charge is 0.319 e. The van der Waals surface area contributed by atoms with Gasteiger partial charge >= 0.3 is 0 Å². The maximum atomic E-state index is 12.8. The monoisotopic (exact) mass is 355 g/mol. The number of aromatic amines is 1. The number of H-pyrrole nitrogens is 1. The Morgan fingerprint density at radius 3 is 2.88 bits per heavy atom. The van der Waals surface area contributed by atoms with Gasteiger partial charge < -0.3 is 4.98 Å². The van der Waals surface area contributed by atoms with E-state index in [1.165, 1.54) is 23.3 Å². The quantitative estimate of drug-likeness (QED) is 0.753. The van der Waals surface area contributed by atoms with E-state index >= 15 is 0 Å². The van der Waals surface area contributed by atoms with Crippen LogP contribution in [0.4, 0.5) is 0 Å². The van der Waals surface area contributed by atoms with Gasteiger partial charge in [-0.25, -0.2) is 18.1 Å². The second-order valence-corrected chi connectivity index (χ2v) is 8.06. The molecule has 1 aliphatic carbocycles. The smallest absolute Gasteiger partial charge is 0.266 e. The van der Waals surface area contributed by atoms with Crippen molar-refractivity contribution in [2.45, 2.75) is 30.7 Å². The summed E-state index contributed by atoms with van der Waals surface area (Å²) in [4.78, 5) is 18.0. The lowest BCUT2D eigenvalue weighted by molar-refractivity contribution is 0.554. The summed E-state index contributed by atoms with van der Waals surface area (Å²) in [7, 11) is -3.68. The van der Waals surface area contributed by atoms with E-state index in [1.807, 2.05) is 19.1 Å². The maximum absolute atomic E-state index is 12.8. The highest BCUT2D eigenvalue weighted by molar-refractivity contribution is 7.89. The maximum Gasteiger partial charge on any atom is 0.266 e. The first-order chi connectivity index (χ1) is 11.9. The predicted octanol–water partition coefficient (Wildman–Crippen LogP) is 2.20. The number of hydrogen-bond donors (Lipinski definition) is 2. The average Bonchev–Trinajstić information content (AvgIpc) is 2.95. The van der Waals surface area contributed by atoms with Crippen molar-refractivity contribution in [3.05, 3.63) is 69.6 Å². The van der Waals surface area contributed by atoms with Crippen LogP contribution in [0.15, 0.2) is 52.3 Å². The van der Waals surface area contributed by atoms with Crippen molar-refractivity contribution < 1.29 is 8.42 Å². The molecule has 4 rings (SSSR count). The molecule has 128 valence electrons. The van der Waals surface area contributed by atoms with Crippen LogP contribution in [0.25, 0.3) is 11.0 Å². The fraction of sp³-hybridized carbons (Fsp3) is 0.222. The van der Waals surface area contributed by atoms with Crippen LogP contribution >= 0.6 is 0 Å².